The number of rotatable bonds is 6. The third-order valence-electron chi connectivity index (χ3n) is 3.77. The second-order valence-corrected chi connectivity index (χ2v) is 5.83. The van der Waals surface area contributed by atoms with Gasteiger partial charge in [0.05, 0.1) is 19.3 Å². The monoisotopic (exact) mass is 332 g/mol. The molecule has 0 bridgehead atoms. The van der Waals surface area contributed by atoms with Crippen LogP contribution >= 0.6 is 11.6 Å². The van der Waals surface area contributed by atoms with Crippen LogP contribution in [0, 0.1) is 0 Å². The summed E-state index contributed by atoms with van der Waals surface area (Å²) in [7, 11) is 3.48. The van der Waals surface area contributed by atoms with E-state index in [-0.39, 0.29) is 18.5 Å². The summed E-state index contributed by atoms with van der Waals surface area (Å²) in [5, 5.41) is 3.40. The minimum Gasteiger partial charge on any atom is -0.495 e. The Balaban J connectivity index is 2.01. The topological polar surface area (TPSA) is 41.6 Å². The molecule has 122 valence electrons. The van der Waals surface area contributed by atoms with E-state index in [2.05, 4.69) is 24.4 Å². The van der Waals surface area contributed by atoms with E-state index in [0.29, 0.717) is 16.5 Å². The molecule has 4 nitrogen and oxygen atoms in total. The molecule has 1 amide bonds. The Morgan fingerprint density at radius 2 is 1.96 bits per heavy atom. The molecule has 2 rings (SSSR count). The number of benzene rings is 2. The second-order valence-electron chi connectivity index (χ2n) is 5.39. The molecular formula is C18H21ClN2O2. The van der Waals surface area contributed by atoms with Crippen molar-refractivity contribution in [3.8, 4) is 5.75 Å². The maximum Gasteiger partial charge on any atom is 0.238 e. The SMILES string of the molecule is COc1ccc(Cl)cc1NC(=O)CN(C)[C@@H](C)c1ccccc1. The van der Waals surface area contributed by atoms with Crippen molar-refractivity contribution in [2.24, 2.45) is 0 Å². The standard InChI is InChI=1S/C18H21ClN2O2/c1-13(14-7-5-4-6-8-14)21(2)12-18(22)20-16-11-15(19)9-10-17(16)23-3/h4-11,13H,12H2,1-3H3,(H,20,22)/t13-/m0/s1. The van der Waals surface area contributed by atoms with Crippen LogP contribution in [0.5, 0.6) is 5.75 Å². The average molecular weight is 333 g/mol. The summed E-state index contributed by atoms with van der Waals surface area (Å²) >= 11 is 5.98. The minimum absolute atomic E-state index is 0.115. The number of methoxy groups -OCH3 is 1. The number of amides is 1. The molecule has 0 spiro atoms. The predicted molar refractivity (Wildman–Crippen MR) is 94.1 cm³/mol. The smallest absolute Gasteiger partial charge is 0.238 e. The molecule has 0 saturated heterocycles. The van der Waals surface area contributed by atoms with Crippen molar-refractivity contribution in [1.82, 2.24) is 4.90 Å². The molecule has 0 radical (unpaired) electrons. The lowest BCUT2D eigenvalue weighted by atomic mass is 10.1. The van der Waals surface area contributed by atoms with E-state index < -0.39 is 0 Å². The first-order valence-corrected chi connectivity index (χ1v) is 7.77. The van der Waals surface area contributed by atoms with Crippen LogP contribution in [0.15, 0.2) is 48.5 Å². The molecular weight excluding hydrogens is 312 g/mol. The van der Waals surface area contributed by atoms with Gasteiger partial charge in [0.2, 0.25) is 5.91 Å². The molecule has 2 aromatic rings. The van der Waals surface area contributed by atoms with E-state index in [1.165, 1.54) is 5.56 Å². The molecule has 0 saturated carbocycles. The molecule has 0 fully saturated rings. The largest absolute Gasteiger partial charge is 0.495 e. The Hall–Kier alpha value is -2.04. The van der Waals surface area contributed by atoms with E-state index in [9.17, 15) is 4.79 Å². The zero-order valence-corrected chi connectivity index (χ0v) is 14.3. The van der Waals surface area contributed by atoms with E-state index in [0.717, 1.165) is 0 Å². The average Bonchev–Trinajstić information content (AvgIpc) is 2.55. The van der Waals surface area contributed by atoms with Crippen LogP contribution in [0.4, 0.5) is 5.69 Å². The van der Waals surface area contributed by atoms with Gasteiger partial charge >= 0.3 is 0 Å². The molecule has 23 heavy (non-hydrogen) atoms. The van der Waals surface area contributed by atoms with Crippen LogP contribution in [-0.4, -0.2) is 31.5 Å². The van der Waals surface area contributed by atoms with Gasteiger partial charge in [-0.1, -0.05) is 41.9 Å². The first-order chi connectivity index (χ1) is 11.0. The number of carbonyl (C=O) groups is 1. The lowest BCUT2D eigenvalue weighted by molar-refractivity contribution is -0.117. The van der Waals surface area contributed by atoms with Gasteiger partial charge in [-0.25, -0.2) is 0 Å². The number of hydrogen-bond donors (Lipinski definition) is 1. The zero-order chi connectivity index (χ0) is 16.8. The van der Waals surface area contributed by atoms with Crippen LogP contribution < -0.4 is 10.1 Å². The lowest BCUT2D eigenvalue weighted by Gasteiger charge is -2.24. The molecule has 0 aliphatic rings. The van der Waals surface area contributed by atoms with Gasteiger partial charge in [-0.05, 0) is 37.7 Å². The first kappa shape index (κ1) is 17.3. The predicted octanol–water partition coefficient (Wildman–Crippen LogP) is 3.98. The van der Waals surface area contributed by atoms with Crippen molar-refractivity contribution < 1.29 is 9.53 Å². The number of ether oxygens (including phenoxy) is 1. The van der Waals surface area contributed by atoms with Crippen molar-refractivity contribution in [1.29, 1.82) is 0 Å². The van der Waals surface area contributed by atoms with E-state index in [4.69, 9.17) is 16.3 Å². The molecule has 5 heteroatoms. The van der Waals surface area contributed by atoms with E-state index in [1.54, 1.807) is 25.3 Å². The van der Waals surface area contributed by atoms with Gasteiger partial charge in [-0.15, -0.1) is 0 Å². The summed E-state index contributed by atoms with van der Waals surface area (Å²) in [4.78, 5) is 14.3. The van der Waals surface area contributed by atoms with Crippen molar-refractivity contribution in [2.45, 2.75) is 13.0 Å². The van der Waals surface area contributed by atoms with Gasteiger partial charge in [-0.2, -0.15) is 0 Å². The highest BCUT2D eigenvalue weighted by atomic mass is 35.5. The van der Waals surface area contributed by atoms with E-state index >= 15 is 0 Å². The number of hydrogen-bond acceptors (Lipinski definition) is 3. The third kappa shape index (κ3) is 4.71. The van der Waals surface area contributed by atoms with Crippen LogP contribution in [0.2, 0.25) is 5.02 Å². The van der Waals surface area contributed by atoms with Crippen molar-refractivity contribution in [2.75, 3.05) is 26.0 Å². The Morgan fingerprint density at radius 1 is 1.26 bits per heavy atom. The number of carbonyl (C=O) groups excluding carboxylic acids is 1. The number of nitrogens with zero attached hydrogens (tertiary/aromatic N) is 1. The van der Waals surface area contributed by atoms with Gasteiger partial charge in [0.1, 0.15) is 5.75 Å². The van der Waals surface area contributed by atoms with Crippen LogP contribution in [0.1, 0.15) is 18.5 Å². The molecule has 0 aliphatic carbocycles. The van der Waals surface area contributed by atoms with Crippen LogP contribution in [0.3, 0.4) is 0 Å². The maximum absolute atomic E-state index is 12.3. The Bertz CT molecular complexity index is 661. The maximum atomic E-state index is 12.3. The summed E-state index contributed by atoms with van der Waals surface area (Å²) in [5.41, 5.74) is 1.74. The normalized spacial score (nSPS) is 12.0. The summed E-state index contributed by atoms with van der Waals surface area (Å²) in [6.07, 6.45) is 0. The van der Waals surface area contributed by atoms with Crippen molar-refractivity contribution >= 4 is 23.2 Å². The fraction of sp³-hybridized carbons (Fsp3) is 0.278. The van der Waals surface area contributed by atoms with Gasteiger partial charge in [0.15, 0.2) is 0 Å². The summed E-state index contributed by atoms with van der Waals surface area (Å²) in [6, 6.07) is 15.4. The summed E-state index contributed by atoms with van der Waals surface area (Å²) in [6.45, 7) is 2.34. The molecule has 1 N–H and O–H groups in total. The van der Waals surface area contributed by atoms with Gasteiger partial charge < -0.3 is 10.1 Å². The van der Waals surface area contributed by atoms with Crippen molar-refractivity contribution in [3.05, 3.63) is 59.1 Å². The molecule has 2 aromatic carbocycles. The highest BCUT2D eigenvalue weighted by Crippen LogP contribution is 2.27. The molecule has 0 aliphatic heterocycles. The highest BCUT2D eigenvalue weighted by molar-refractivity contribution is 6.31. The Labute approximate surface area is 142 Å². The summed E-state index contributed by atoms with van der Waals surface area (Å²) in [5.74, 6) is 0.470. The highest BCUT2D eigenvalue weighted by Gasteiger charge is 2.16. The minimum atomic E-state index is -0.115. The van der Waals surface area contributed by atoms with Crippen LogP contribution in [0.25, 0.3) is 0 Å². The van der Waals surface area contributed by atoms with Crippen molar-refractivity contribution in [3.63, 3.8) is 0 Å². The second kappa shape index (κ2) is 7.99. The number of likely N-dealkylation sites (N-methyl/N-ethyl adjacent to an activating group) is 1. The number of halogens is 1. The molecule has 0 unspecified atom stereocenters. The third-order valence-corrected chi connectivity index (χ3v) is 4.01. The van der Waals surface area contributed by atoms with Crippen LogP contribution in [-0.2, 0) is 4.79 Å². The molecule has 0 heterocycles. The number of nitrogens with one attached hydrogen (secondary N) is 1. The van der Waals surface area contributed by atoms with Gasteiger partial charge in [0, 0.05) is 11.1 Å². The molecule has 0 aromatic heterocycles. The fourth-order valence-electron chi connectivity index (χ4n) is 2.32. The van der Waals surface area contributed by atoms with E-state index in [1.807, 2.05) is 30.1 Å². The van der Waals surface area contributed by atoms with Gasteiger partial charge in [-0.3, -0.25) is 9.69 Å². The van der Waals surface area contributed by atoms with Gasteiger partial charge in [0.25, 0.3) is 0 Å². The zero-order valence-electron chi connectivity index (χ0n) is 13.5. The number of anilines is 1. The fourth-order valence-corrected chi connectivity index (χ4v) is 2.49. The quantitative estimate of drug-likeness (QED) is 0.870. The Morgan fingerprint density at radius 3 is 2.61 bits per heavy atom. The molecule has 1 atom stereocenters. The Kier molecular flexibility index (Phi) is 6.02. The first-order valence-electron chi connectivity index (χ1n) is 7.40. The summed E-state index contributed by atoms with van der Waals surface area (Å²) < 4.78 is 5.24. The lowest BCUT2D eigenvalue weighted by Crippen LogP contribution is -2.32.